The van der Waals surface area contributed by atoms with Gasteiger partial charge in [-0.15, -0.1) is 0 Å². The van der Waals surface area contributed by atoms with Crippen LogP contribution in [0.3, 0.4) is 0 Å². The van der Waals surface area contributed by atoms with Crippen LogP contribution in [0.4, 0.5) is 0 Å². The topological polar surface area (TPSA) is 0 Å². The zero-order valence-electron chi connectivity index (χ0n) is 6.28. The molecule has 0 rings (SSSR count). The number of hydrogen-bond donors (Lipinski definition) is 0. The SMILES string of the molecule is CC=CC#CCCCC. The first-order valence-corrected chi connectivity index (χ1v) is 3.51. The van der Waals surface area contributed by atoms with E-state index < -0.39 is 0 Å². The predicted octanol–water partition coefficient (Wildman–Crippen LogP) is 2.76. The van der Waals surface area contributed by atoms with Crippen molar-refractivity contribution in [3.8, 4) is 11.8 Å². The number of rotatable bonds is 2. The highest BCUT2D eigenvalue weighted by molar-refractivity contribution is 5.14. The molecule has 0 heteroatoms. The molecule has 0 atom stereocenters. The van der Waals surface area contributed by atoms with Gasteiger partial charge in [-0.3, -0.25) is 0 Å². The molecule has 0 aliphatic rings. The second kappa shape index (κ2) is 7.30. The van der Waals surface area contributed by atoms with E-state index in [0.29, 0.717) is 0 Å². The van der Waals surface area contributed by atoms with Crippen molar-refractivity contribution in [2.45, 2.75) is 33.1 Å². The Morgan fingerprint density at radius 3 is 2.78 bits per heavy atom. The highest BCUT2D eigenvalue weighted by atomic mass is 13.8. The summed E-state index contributed by atoms with van der Waals surface area (Å²) in [6.07, 6.45) is 7.35. The van der Waals surface area contributed by atoms with Gasteiger partial charge in [-0.05, 0) is 19.4 Å². The molecule has 0 N–H and O–H groups in total. The van der Waals surface area contributed by atoms with Gasteiger partial charge in [0, 0.05) is 6.42 Å². The van der Waals surface area contributed by atoms with E-state index in [1.54, 1.807) is 0 Å². The lowest BCUT2D eigenvalue weighted by Crippen LogP contribution is -1.65. The van der Waals surface area contributed by atoms with Crippen LogP contribution in [-0.2, 0) is 0 Å². The Hall–Kier alpha value is -0.700. The van der Waals surface area contributed by atoms with Crippen molar-refractivity contribution in [2.24, 2.45) is 0 Å². The average Bonchev–Trinajstić information content (AvgIpc) is 1.89. The van der Waals surface area contributed by atoms with E-state index >= 15 is 0 Å². The van der Waals surface area contributed by atoms with Gasteiger partial charge in [-0.2, -0.15) is 0 Å². The highest BCUT2D eigenvalue weighted by Gasteiger charge is 1.73. The Kier molecular flexibility index (Phi) is 6.73. The van der Waals surface area contributed by atoms with Crippen LogP contribution < -0.4 is 0 Å². The fourth-order valence-corrected chi connectivity index (χ4v) is 0.480. The monoisotopic (exact) mass is 122 g/mol. The fourth-order valence-electron chi connectivity index (χ4n) is 0.480. The zero-order chi connectivity index (χ0) is 6.95. The van der Waals surface area contributed by atoms with Crippen LogP contribution in [0.15, 0.2) is 12.2 Å². The molecule has 9 heavy (non-hydrogen) atoms. The average molecular weight is 122 g/mol. The third kappa shape index (κ3) is 7.30. The Labute approximate surface area is 58.0 Å². The Balaban J connectivity index is 3.16. The smallest absolute Gasteiger partial charge is 0.00921 e. The molecule has 0 unspecified atom stereocenters. The lowest BCUT2D eigenvalue weighted by Gasteiger charge is -1.81. The molecule has 0 aliphatic carbocycles. The van der Waals surface area contributed by atoms with E-state index in [1.165, 1.54) is 12.8 Å². The molecule has 0 aliphatic heterocycles. The van der Waals surface area contributed by atoms with E-state index in [2.05, 4.69) is 18.8 Å². The molecule has 0 radical (unpaired) electrons. The summed E-state index contributed by atoms with van der Waals surface area (Å²) in [6, 6.07) is 0. The van der Waals surface area contributed by atoms with E-state index in [1.807, 2.05) is 19.1 Å². The molecular formula is C9H14. The molecule has 0 aromatic rings. The van der Waals surface area contributed by atoms with Gasteiger partial charge in [-0.25, -0.2) is 0 Å². The van der Waals surface area contributed by atoms with Crippen LogP contribution in [-0.4, -0.2) is 0 Å². The summed E-state index contributed by atoms with van der Waals surface area (Å²) in [4.78, 5) is 0. The summed E-state index contributed by atoms with van der Waals surface area (Å²) >= 11 is 0. The summed E-state index contributed by atoms with van der Waals surface area (Å²) in [5.41, 5.74) is 0. The maximum Gasteiger partial charge on any atom is 0.00921 e. The highest BCUT2D eigenvalue weighted by Crippen LogP contribution is 1.89. The molecular weight excluding hydrogens is 108 g/mol. The molecule has 0 nitrogen and oxygen atoms in total. The molecule has 0 amide bonds. The minimum Gasteiger partial charge on any atom is -0.0985 e. The van der Waals surface area contributed by atoms with Crippen LogP contribution in [0, 0.1) is 11.8 Å². The lowest BCUT2D eigenvalue weighted by atomic mass is 10.2. The largest absolute Gasteiger partial charge is 0.0985 e. The van der Waals surface area contributed by atoms with E-state index in [0.717, 1.165) is 6.42 Å². The van der Waals surface area contributed by atoms with Gasteiger partial charge in [-0.1, -0.05) is 31.3 Å². The molecule has 0 fully saturated rings. The molecule has 0 saturated carbocycles. The molecule has 0 aromatic carbocycles. The zero-order valence-corrected chi connectivity index (χ0v) is 6.28. The van der Waals surface area contributed by atoms with E-state index in [4.69, 9.17) is 0 Å². The molecule has 0 bridgehead atoms. The fraction of sp³-hybridized carbons (Fsp3) is 0.556. The molecule has 0 spiro atoms. The Morgan fingerprint density at radius 1 is 1.44 bits per heavy atom. The molecule has 0 saturated heterocycles. The number of unbranched alkanes of at least 4 members (excludes halogenated alkanes) is 2. The van der Waals surface area contributed by atoms with Crippen LogP contribution >= 0.6 is 0 Å². The number of hydrogen-bond acceptors (Lipinski definition) is 0. The Bertz CT molecular complexity index is 121. The first-order valence-electron chi connectivity index (χ1n) is 3.51. The van der Waals surface area contributed by atoms with Crippen LogP contribution in [0.2, 0.25) is 0 Å². The van der Waals surface area contributed by atoms with Crippen LogP contribution in [0.25, 0.3) is 0 Å². The van der Waals surface area contributed by atoms with Crippen molar-refractivity contribution in [3.63, 3.8) is 0 Å². The quantitative estimate of drug-likeness (QED) is 0.390. The van der Waals surface area contributed by atoms with Crippen molar-refractivity contribution >= 4 is 0 Å². The number of allylic oxidation sites excluding steroid dienone is 2. The Morgan fingerprint density at radius 2 is 2.22 bits per heavy atom. The third-order valence-electron chi connectivity index (χ3n) is 1.01. The van der Waals surface area contributed by atoms with Crippen molar-refractivity contribution in [2.75, 3.05) is 0 Å². The first kappa shape index (κ1) is 8.30. The van der Waals surface area contributed by atoms with Gasteiger partial charge in [0.15, 0.2) is 0 Å². The second-order valence-corrected chi connectivity index (χ2v) is 1.92. The van der Waals surface area contributed by atoms with Crippen molar-refractivity contribution in [1.29, 1.82) is 0 Å². The maximum atomic E-state index is 3.05. The summed E-state index contributed by atoms with van der Waals surface area (Å²) in [6.45, 7) is 4.16. The maximum absolute atomic E-state index is 3.05. The summed E-state index contributed by atoms with van der Waals surface area (Å²) in [5, 5.41) is 0. The van der Waals surface area contributed by atoms with E-state index in [9.17, 15) is 0 Å². The summed E-state index contributed by atoms with van der Waals surface area (Å²) in [7, 11) is 0. The molecule has 0 aromatic heterocycles. The predicted molar refractivity (Wildman–Crippen MR) is 42.1 cm³/mol. The standard InChI is InChI=1S/C9H14/c1-3-5-7-9-8-6-4-2/h3,5H,4,6,8H2,1-2H3. The van der Waals surface area contributed by atoms with Gasteiger partial charge in [0.1, 0.15) is 0 Å². The van der Waals surface area contributed by atoms with Gasteiger partial charge in [0.05, 0.1) is 0 Å². The van der Waals surface area contributed by atoms with Crippen molar-refractivity contribution < 1.29 is 0 Å². The second-order valence-electron chi connectivity index (χ2n) is 1.92. The van der Waals surface area contributed by atoms with Gasteiger partial charge >= 0.3 is 0 Å². The molecule has 50 valence electrons. The molecule has 0 heterocycles. The van der Waals surface area contributed by atoms with Gasteiger partial charge < -0.3 is 0 Å². The van der Waals surface area contributed by atoms with Gasteiger partial charge in [0.2, 0.25) is 0 Å². The van der Waals surface area contributed by atoms with E-state index in [-0.39, 0.29) is 0 Å². The first-order chi connectivity index (χ1) is 4.41. The lowest BCUT2D eigenvalue weighted by molar-refractivity contribution is 0.828. The minimum absolute atomic E-state index is 1.04. The van der Waals surface area contributed by atoms with Crippen LogP contribution in [0.5, 0.6) is 0 Å². The van der Waals surface area contributed by atoms with Crippen LogP contribution in [0.1, 0.15) is 33.1 Å². The summed E-state index contributed by atoms with van der Waals surface area (Å²) in [5.74, 6) is 5.99. The minimum atomic E-state index is 1.04. The normalized spacial score (nSPS) is 9.11. The van der Waals surface area contributed by atoms with Crippen molar-refractivity contribution in [3.05, 3.63) is 12.2 Å². The van der Waals surface area contributed by atoms with Crippen molar-refractivity contribution in [1.82, 2.24) is 0 Å². The third-order valence-corrected chi connectivity index (χ3v) is 1.01. The van der Waals surface area contributed by atoms with Gasteiger partial charge in [0.25, 0.3) is 0 Å². The summed E-state index contributed by atoms with van der Waals surface area (Å²) < 4.78 is 0.